The number of rotatable bonds is 2. The van der Waals surface area contributed by atoms with E-state index in [1.54, 1.807) is 13.8 Å². The standard InChI is InChI=1S/C8H13NO2/c1-5-8(3,4)11-7(10)9-6-2/h1H,6H2,2-4H3,(H,9,10). The molecule has 62 valence electrons. The van der Waals surface area contributed by atoms with Crippen LogP contribution in [0.2, 0.25) is 0 Å². The molecule has 0 heterocycles. The van der Waals surface area contributed by atoms with Crippen LogP contribution in [0.15, 0.2) is 0 Å². The molecule has 0 saturated heterocycles. The molecular weight excluding hydrogens is 142 g/mol. The molecule has 0 atom stereocenters. The molecule has 0 radical (unpaired) electrons. The number of hydrogen-bond acceptors (Lipinski definition) is 2. The minimum absolute atomic E-state index is 0.476. The maximum absolute atomic E-state index is 10.8. The summed E-state index contributed by atoms with van der Waals surface area (Å²) in [5.74, 6) is 2.35. The second kappa shape index (κ2) is 3.87. The Bertz CT molecular complexity index is 179. The van der Waals surface area contributed by atoms with Crippen molar-refractivity contribution in [2.24, 2.45) is 0 Å². The third-order valence-electron chi connectivity index (χ3n) is 1.02. The zero-order chi connectivity index (χ0) is 8.91. The van der Waals surface area contributed by atoms with Gasteiger partial charge in [0.1, 0.15) is 0 Å². The van der Waals surface area contributed by atoms with Gasteiger partial charge in [0.2, 0.25) is 0 Å². The fourth-order valence-corrected chi connectivity index (χ4v) is 0.442. The van der Waals surface area contributed by atoms with Crippen molar-refractivity contribution >= 4 is 6.09 Å². The summed E-state index contributed by atoms with van der Waals surface area (Å²) in [6, 6.07) is 0. The fraction of sp³-hybridized carbons (Fsp3) is 0.625. The molecule has 0 spiro atoms. The normalized spacial score (nSPS) is 10.0. The van der Waals surface area contributed by atoms with Crippen molar-refractivity contribution in [3.05, 3.63) is 0 Å². The highest BCUT2D eigenvalue weighted by molar-refractivity contribution is 5.67. The third kappa shape index (κ3) is 4.26. The first-order valence-corrected chi connectivity index (χ1v) is 3.46. The van der Waals surface area contributed by atoms with Crippen LogP contribution in [-0.4, -0.2) is 18.2 Å². The Morgan fingerprint density at radius 1 is 1.73 bits per heavy atom. The Hall–Kier alpha value is -1.17. The van der Waals surface area contributed by atoms with Crippen molar-refractivity contribution in [1.82, 2.24) is 5.32 Å². The average Bonchev–Trinajstić information content (AvgIpc) is 1.87. The van der Waals surface area contributed by atoms with Crippen LogP contribution in [0.25, 0.3) is 0 Å². The first-order valence-electron chi connectivity index (χ1n) is 3.46. The molecule has 1 amide bonds. The SMILES string of the molecule is C#CC(C)(C)OC(=O)NCC. The third-order valence-corrected chi connectivity index (χ3v) is 1.02. The second-order valence-corrected chi connectivity index (χ2v) is 2.57. The van der Waals surface area contributed by atoms with E-state index in [0.717, 1.165) is 0 Å². The Labute approximate surface area is 67.1 Å². The largest absolute Gasteiger partial charge is 0.430 e. The quantitative estimate of drug-likeness (QED) is 0.607. The molecule has 0 bridgehead atoms. The van der Waals surface area contributed by atoms with Crippen LogP contribution in [0.5, 0.6) is 0 Å². The van der Waals surface area contributed by atoms with Crippen molar-refractivity contribution in [3.8, 4) is 12.3 Å². The average molecular weight is 155 g/mol. The van der Waals surface area contributed by atoms with Crippen LogP contribution < -0.4 is 5.32 Å². The molecule has 0 aromatic carbocycles. The number of terminal acetylenes is 1. The number of hydrogen-bond donors (Lipinski definition) is 1. The molecule has 3 heteroatoms. The van der Waals surface area contributed by atoms with E-state index in [1.807, 2.05) is 6.92 Å². The topological polar surface area (TPSA) is 38.3 Å². The molecule has 0 aromatic heterocycles. The fourth-order valence-electron chi connectivity index (χ4n) is 0.442. The van der Waals surface area contributed by atoms with E-state index in [-0.39, 0.29) is 0 Å². The van der Waals surface area contributed by atoms with Crippen LogP contribution in [-0.2, 0) is 4.74 Å². The Kier molecular flexibility index (Phi) is 3.46. The summed E-state index contributed by atoms with van der Waals surface area (Å²) in [4.78, 5) is 10.8. The van der Waals surface area contributed by atoms with Gasteiger partial charge in [0.05, 0.1) is 0 Å². The van der Waals surface area contributed by atoms with Gasteiger partial charge in [-0.05, 0) is 20.8 Å². The number of nitrogens with one attached hydrogen (secondary N) is 1. The minimum atomic E-state index is -0.820. The predicted molar refractivity (Wildman–Crippen MR) is 43.1 cm³/mol. The Morgan fingerprint density at radius 3 is 2.64 bits per heavy atom. The van der Waals surface area contributed by atoms with Crippen LogP contribution in [0.4, 0.5) is 4.79 Å². The molecule has 0 unspecified atom stereocenters. The lowest BCUT2D eigenvalue weighted by Crippen LogP contribution is -2.33. The van der Waals surface area contributed by atoms with Gasteiger partial charge in [-0.15, -0.1) is 6.42 Å². The van der Waals surface area contributed by atoms with E-state index in [1.165, 1.54) is 0 Å². The van der Waals surface area contributed by atoms with Gasteiger partial charge in [0, 0.05) is 6.54 Å². The van der Waals surface area contributed by atoms with E-state index in [4.69, 9.17) is 11.2 Å². The van der Waals surface area contributed by atoms with Gasteiger partial charge in [-0.3, -0.25) is 0 Å². The summed E-state index contributed by atoms with van der Waals surface area (Å²) in [6.45, 7) is 5.66. The van der Waals surface area contributed by atoms with Gasteiger partial charge >= 0.3 is 6.09 Å². The monoisotopic (exact) mass is 155 g/mol. The number of amides is 1. The number of carbonyl (C=O) groups excluding carboxylic acids is 1. The van der Waals surface area contributed by atoms with Crippen LogP contribution in [0, 0.1) is 12.3 Å². The Morgan fingerprint density at radius 2 is 2.27 bits per heavy atom. The molecule has 0 fully saturated rings. The summed E-state index contributed by atoms with van der Waals surface area (Å²) in [5, 5.41) is 2.48. The lowest BCUT2D eigenvalue weighted by Gasteiger charge is -2.18. The van der Waals surface area contributed by atoms with E-state index in [9.17, 15) is 4.79 Å². The molecule has 0 rings (SSSR count). The molecule has 0 aliphatic carbocycles. The first kappa shape index (κ1) is 9.83. The number of carbonyl (C=O) groups is 1. The molecule has 0 saturated carbocycles. The summed E-state index contributed by atoms with van der Waals surface area (Å²) >= 11 is 0. The van der Waals surface area contributed by atoms with Crippen LogP contribution >= 0.6 is 0 Å². The first-order chi connectivity index (χ1) is 5.02. The minimum Gasteiger partial charge on any atom is -0.430 e. The van der Waals surface area contributed by atoms with Gasteiger partial charge < -0.3 is 10.1 Å². The van der Waals surface area contributed by atoms with Crippen molar-refractivity contribution < 1.29 is 9.53 Å². The highest BCUT2D eigenvalue weighted by atomic mass is 16.6. The van der Waals surface area contributed by atoms with Gasteiger partial charge in [0.15, 0.2) is 5.60 Å². The highest BCUT2D eigenvalue weighted by Gasteiger charge is 2.18. The molecule has 0 aromatic rings. The lowest BCUT2D eigenvalue weighted by atomic mass is 10.2. The van der Waals surface area contributed by atoms with Crippen LogP contribution in [0.1, 0.15) is 20.8 Å². The molecule has 3 nitrogen and oxygen atoms in total. The van der Waals surface area contributed by atoms with E-state index in [0.29, 0.717) is 6.54 Å². The Balaban J connectivity index is 3.86. The van der Waals surface area contributed by atoms with Crippen LogP contribution in [0.3, 0.4) is 0 Å². The highest BCUT2D eigenvalue weighted by Crippen LogP contribution is 2.06. The maximum Gasteiger partial charge on any atom is 0.408 e. The van der Waals surface area contributed by atoms with Crippen molar-refractivity contribution in [2.75, 3.05) is 6.54 Å². The van der Waals surface area contributed by atoms with Gasteiger partial charge in [-0.25, -0.2) is 4.79 Å². The van der Waals surface area contributed by atoms with Crippen molar-refractivity contribution in [2.45, 2.75) is 26.4 Å². The molecule has 0 aliphatic rings. The zero-order valence-electron chi connectivity index (χ0n) is 7.10. The number of alkyl carbamates (subject to hydrolysis) is 1. The summed E-state index contributed by atoms with van der Waals surface area (Å²) < 4.78 is 4.84. The maximum atomic E-state index is 10.8. The summed E-state index contributed by atoms with van der Waals surface area (Å²) in [5.41, 5.74) is -0.820. The zero-order valence-corrected chi connectivity index (χ0v) is 7.10. The van der Waals surface area contributed by atoms with E-state index in [2.05, 4.69) is 11.2 Å². The van der Waals surface area contributed by atoms with Crippen molar-refractivity contribution in [1.29, 1.82) is 0 Å². The lowest BCUT2D eigenvalue weighted by molar-refractivity contribution is 0.0787. The van der Waals surface area contributed by atoms with Gasteiger partial charge in [-0.2, -0.15) is 0 Å². The molecule has 11 heavy (non-hydrogen) atoms. The molecule has 0 aliphatic heterocycles. The number of ether oxygens (including phenoxy) is 1. The molecular formula is C8H13NO2. The van der Waals surface area contributed by atoms with Gasteiger partial charge in [-0.1, -0.05) is 5.92 Å². The van der Waals surface area contributed by atoms with Crippen molar-refractivity contribution in [3.63, 3.8) is 0 Å². The van der Waals surface area contributed by atoms with E-state index >= 15 is 0 Å². The summed E-state index contributed by atoms with van der Waals surface area (Å²) in [7, 11) is 0. The smallest absolute Gasteiger partial charge is 0.408 e. The molecule has 1 N–H and O–H groups in total. The van der Waals surface area contributed by atoms with E-state index < -0.39 is 11.7 Å². The summed E-state index contributed by atoms with van der Waals surface area (Å²) in [6.07, 6.45) is 4.62. The predicted octanol–water partition coefficient (Wildman–Crippen LogP) is 1.14. The van der Waals surface area contributed by atoms with Gasteiger partial charge in [0.25, 0.3) is 0 Å². The second-order valence-electron chi connectivity index (χ2n) is 2.57.